The van der Waals surface area contributed by atoms with Gasteiger partial charge in [-0.3, -0.25) is 0 Å². The normalized spacial score (nSPS) is 11.6. The Bertz CT molecular complexity index is 490. The van der Waals surface area contributed by atoms with Crippen molar-refractivity contribution in [3.63, 3.8) is 0 Å². The maximum Gasteiger partial charge on any atom is -0.00207 e. The Morgan fingerprint density at radius 1 is 1.00 bits per heavy atom. The highest BCUT2D eigenvalue weighted by molar-refractivity contribution is 5.44. The highest BCUT2D eigenvalue weighted by Crippen LogP contribution is 2.25. The molecular weight excluding hydrogens is 288 g/mol. The molecule has 0 saturated heterocycles. The molecule has 0 aromatic heterocycles. The Balaban J connectivity index is -0.00000102. The van der Waals surface area contributed by atoms with E-state index in [0.717, 1.165) is 24.0 Å². The topological polar surface area (TPSA) is 0 Å². The van der Waals surface area contributed by atoms with Crippen molar-refractivity contribution in [3.8, 4) is 0 Å². The van der Waals surface area contributed by atoms with Crippen LogP contribution in [0.25, 0.3) is 0 Å². The van der Waals surface area contributed by atoms with Crippen LogP contribution >= 0.6 is 0 Å². The SMILES string of the molecule is C=C.C=C/C=C(\C=C)C\C(C(=C)C)=C(/C=C\C=C\C)CC=C.CC. The quantitative estimate of drug-likeness (QED) is 0.297. The minimum Gasteiger partial charge on any atom is -0.106 e. The monoisotopic (exact) mass is 324 g/mol. The van der Waals surface area contributed by atoms with Gasteiger partial charge in [-0.15, -0.1) is 19.7 Å². The summed E-state index contributed by atoms with van der Waals surface area (Å²) >= 11 is 0. The summed E-state index contributed by atoms with van der Waals surface area (Å²) in [5.74, 6) is 0. The Kier molecular flexibility index (Phi) is 22.9. The van der Waals surface area contributed by atoms with Crippen molar-refractivity contribution >= 4 is 0 Å². The van der Waals surface area contributed by atoms with Crippen LogP contribution in [0.5, 0.6) is 0 Å². The third-order valence-corrected chi connectivity index (χ3v) is 2.84. The van der Waals surface area contributed by atoms with E-state index in [2.05, 4.69) is 45.5 Å². The number of rotatable bonds is 9. The highest BCUT2D eigenvalue weighted by atomic mass is 14.1. The van der Waals surface area contributed by atoms with E-state index in [4.69, 9.17) is 0 Å². The Morgan fingerprint density at radius 3 is 1.96 bits per heavy atom. The number of hydrogen-bond acceptors (Lipinski definition) is 0. The molecule has 0 aliphatic rings. The van der Waals surface area contributed by atoms with Crippen LogP contribution in [0, 0.1) is 0 Å². The van der Waals surface area contributed by atoms with Crippen molar-refractivity contribution < 1.29 is 0 Å². The smallest absolute Gasteiger partial charge is 0.00207 e. The Morgan fingerprint density at radius 2 is 1.58 bits per heavy atom. The largest absolute Gasteiger partial charge is 0.106 e. The molecule has 0 heterocycles. The first-order valence-electron chi connectivity index (χ1n) is 8.32. The second-order valence-electron chi connectivity index (χ2n) is 4.52. The van der Waals surface area contributed by atoms with E-state index < -0.39 is 0 Å². The third kappa shape index (κ3) is 13.3. The zero-order valence-corrected chi connectivity index (χ0v) is 16.3. The van der Waals surface area contributed by atoms with Crippen LogP contribution in [0.15, 0.2) is 110 Å². The van der Waals surface area contributed by atoms with Crippen molar-refractivity contribution in [2.24, 2.45) is 0 Å². The lowest BCUT2D eigenvalue weighted by Crippen LogP contribution is -1.93. The molecule has 0 spiro atoms. The maximum absolute atomic E-state index is 4.10. The average molecular weight is 325 g/mol. The molecular formula is C24H36. The summed E-state index contributed by atoms with van der Waals surface area (Å²) < 4.78 is 0. The van der Waals surface area contributed by atoms with Gasteiger partial charge in [0.15, 0.2) is 0 Å². The van der Waals surface area contributed by atoms with Gasteiger partial charge in [0.2, 0.25) is 0 Å². The van der Waals surface area contributed by atoms with Gasteiger partial charge in [0.05, 0.1) is 0 Å². The van der Waals surface area contributed by atoms with Crippen LogP contribution in [0.2, 0.25) is 0 Å². The molecule has 0 aromatic rings. The molecule has 24 heavy (non-hydrogen) atoms. The molecule has 0 aliphatic carbocycles. The first-order chi connectivity index (χ1) is 11.6. The number of allylic oxidation sites excluding steroid dienone is 12. The van der Waals surface area contributed by atoms with Crippen LogP contribution in [0.3, 0.4) is 0 Å². The summed E-state index contributed by atoms with van der Waals surface area (Å²) in [6, 6.07) is 0. The van der Waals surface area contributed by atoms with E-state index in [-0.39, 0.29) is 0 Å². The molecule has 0 saturated carbocycles. The van der Waals surface area contributed by atoms with Crippen LogP contribution in [-0.2, 0) is 0 Å². The second-order valence-corrected chi connectivity index (χ2v) is 4.52. The van der Waals surface area contributed by atoms with Crippen molar-refractivity contribution in [1.29, 1.82) is 0 Å². The van der Waals surface area contributed by atoms with Gasteiger partial charge >= 0.3 is 0 Å². The summed E-state index contributed by atoms with van der Waals surface area (Å²) in [7, 11) is 0. The highest BCUT2D eigenvalue weighted by Gasteiger charge is 2.06. The van der Waals surface area contributed by atoms with Gasteiger partial charge in [0.1, 0.15) is 0 Å². The van der Waals surface area contributed by atoms with E-state index in [0.29, 0.717) is 0 Å². The van der Waals surface area contributed by atoms with E-state index >= 15 is 0 Å². The average Bonchev–Trinajstić information content (AvgIpc) is 2.61. The van der Waals surface area contributed by atoms with Crippen LogP contribution in [0.1, 0.15) is 40.5 Å². The van der Waals surface area contributed by atoms with Crippen LogP contribution < -0.4 is 0 Å². The van der Waals surface area contributed by atoms with Crippen molar-refractivity contribution in [2.75, 3.05) is 0 Å². The van der Waals surface area contributed by atoms with Gasteiger partial charge in [-0.2, -0.15) is 0 Å². The molecule has 0 unspecified atom stereocenters. The lowest BCUT2D eigenvalue weighted by atomic mass is 9.92. The van der Waals surface area contributed by atoms with Crippen LogP contribution in [0.4, 0.5) is 0 Å². The first kappa shape index (κ1) is 26.6. The van der Waals surface area contributed by atoms with E-state index in [1.54, 1.807) is 6.08 Å². The first-order valence-corrected chi connectivity index (χ1v) is 8.32. The summed E-state index contributed by atoms with van der Waals surface area (Å²) in [5, 5.41) is 0. The zero-order chi connectivity index (χ0) is 19.4. The van der Waals surface area contributed by atoms with Gasteiger partial charge in [0, 0.05) is 0 Å². The molecule has 0 heteroatoms. The minimum atomic E-state index is 0.814. The molecule has 0 nitrogen and oxygen atoms in total. The molecule has 0 bridgehead atoms. The summed E-state index contributed by atoms with van der Waals surface area (Å²) in [6.45, 7) is 29.6. The van der Waals surface area contributed by atoms with E-state index in [1.807, 2.05) is 64.2 Å². The predicted octanol–water partition coefficient (Wildman–Crippen LogP) is 8.08. The van der Waals surface area contributed by atoms with Crippen molar-refractivity contribution in [3.05, 3.63) is 110 Å². The standard InChI is InChI=1S/C20H26.C2H6.C2H4/c1-7-11-12-15-19(14-9-3)20(17(5)6)16-18(10-4)13-8-2;2*1-2/h7-13,15H,2-5,14,16H2,1,6H3;1-2H3;1-2H2/b11-7+,15-12-,18-13+,20-19+;;. The third-order valence-electron chi connectivity index (χ3n) is 2.84. The lowest BCUT2D eigenvalue weighted by molar-refractivity contribution is 1.09. The van der Waals surface area contributed by atoms with Crippen LogP contribution in [-0.4, -0.2) is 0 Å². The molecule has 0 atom stereocenters. The molecule has 0 amide bonds. The van der Waals surface area contributed by atoms with Crippen molar-refractivity contribution in [2.45, 2.75) is 40.5 Å². The van der Waals surface area contributed by atoms with Gasteiger partial charge in [0.25, 0.3) is 0 Å². The van der Waals surface area contributed by atoms with E-state index in [9.17, 15) is 0 Å². The Labute approximate surface area is 151 Å². The van der Waals surface area contributed by atoms with Gasteiger partial charge in [-0.1, -0.05) is 87.8 Å². The minimum absolute atomic E-state index is 0.814. The molecule has 0 fully saturated rings. The molecule has 132 valence electrons. The summed E-state index contributed by atoms with van der Waals surface area (Å²) in [4.78, 5) is 0. The maximum atomic E-state index is 4.10. The fraction of sp³-hybridized carbons (Fsp3) is 0.250. The molecule has 0 radical (unpaired) electrons. The Hall–Kier alpha value is -2.34. The zero-order valence-electron chi connectivity index (χ0n) is 16.3. The lowest BCUT2D eigenvalue weighted by Gasteiger charge is -2.13. The molecule has 0 N–H and O–H groups in total. The number of hydrogen-bond donors (Lipinski definition) is 0. The fourth-order valence-corrected chi connectivity index (χ4v) is 1.82. The molecule has 0 aliphatic heterocycles. The molecule has 0 rings (SSSR count). The van der Waals surface area contributed by atoms with Crippen molar-refractivity contribution in [1.82, 2.24) is 0 Å². The molecule has 0 aromatic carbocycles. The fourth-order valence-electron chi connectivity index (χ4n) is 1.82. The van der Waals surface area contributed by atoms with Gasteiger partial charge in [-0.25, -0.2) is 0 Å². The predicted molar refractivity (Wildman–Crippen MR) is 116 cm³/mol. The summed E-state index contributed by atoms with van der Waals surface area (Å²) in [6.07, 6.45) is 17.4. The summed E-state index contributed by atoms with van der Waals surface area (Å²) in [5.41, 5.74) is 4.68. The van der Waals surface area contributed by atoms with E-state index in [1.165, 1.54) is 11.1 Å². The van der Waals surface area contributed by atoms with Gasteiger partial charge < -0.3 is 0 Å². The van der Waals surface area contributed by atoms with Gasteiger partial charge in [-0.05, 0) is 43.4 Å². The second kappa shape index (κ2) is 20.7.